The summed E-state index contributed by atoms with van der Waals surface area (Å²) in [5.74, 6) is 0. The van der Waals surface area contributed by atoms with Crippen molar-refractivity contribution in [2.45, 2.75) is 32.9 Å². The molecule has 0 amide bonds. The van der Waals surface area contributed by atoms with Crippen LogP contribution >= 0.6 is 11.6 Å². The Hall–Kier alpha value is -1.32. The van der Waals surface area contributed by atoms with Crippen molar-refractivity contribution in [3.05, 3.63) is 52.3 Å². The second-order valence-electron chi connectivity index (χ2n) is 4.62. The van der Waals surface area contributed by atoms with Gasteiger partial charge in [0.1, 0.15) is 0 Å². The Morgan fingerprint density at radius 1 is 1.32 bits per heavy atom. The Morgan fingerprint density at radius 3 is 2.58 bits per heavy atom. The molecular formula is C15H20ClN3. The summed E-state index contributed by atoms with van der Waals surface area (Å²) in [6.07, 6.45) is 0.841. The summed E-state index contributed by atoms with van der Waals surface area (Å²) < 4.78 is 1.99. The Labute approximate surface area is 119 Å². The molecule has 0 saturated heterocycles. The summed E-state index contributed by atoms with van der Waals surface area (Å²) in [4.78, 5) is 0. The molecule has 0 aliphatic carbocycles. The molecule has 2 rings (SSSR count). The highest BCUT2D eigenvalue weighted by molar-refractivity contribution is 6.31. The van der Waals surface area contributed by atoms with E-state index >= 15 is 0 Å². The molecule has 1 N–H and O–H groups in total. The number of rotatable bonds is 5. The SMILES string of the molecule is CCn1nc(C)c(Cl)c1CC(NC)c1ccccc1. The number of halogens is 1. The van der Waals surface area contributed by atoms with Crippen LogP contribution in [0.5, 0.6) is 0 Å². The molecule has 2 aromatic rings. The number of benzene rings is 1. The first kappa shape index (κ1) is 14.1. The van der Waals surface area contributed by atoms with Crippen LogP contribution in [0.3, 0.4) is 0 Å². The third-order valence-electron chi connectivity index (χ3n) is 3.40. The van der Waals surface area contributed by atoms with Crippen LogP contribution in [0, 0.1) is 6.92 Å². The maximum absolute atomic E-state index is 6.37. The van der Waals surface area contributed by atoms with E-state index in [1.807, 2.05) is 24.7 Å². The lowest BCUT2D eigenvalue weighted by molar-refractivity contribution is 0.541. The molecule has 3 nitrogen and oxygen atoms in total. The van der Waals surface area contributed by atoms with Gasteiger partial charge in [0.05, 0.1) is 16.4 Å². The van der Waals surface area contributed by atoms with E-state index in [2.05, 4.69) is 41.6 Å². The van der Waals surface area contributed by atoms with Gasteiger partial charge in [0.2, 0.25) is 0 Å². The molecule has 0 spiro atoms. The minimum atomic E-state index is 0.250. The fraction of sp³-hybridized carbons (Fsp3) is 0.400. The van der Waals surface area contributed by atoms with Crippen molar-refractivity contribution in [3.8, 4) is 0 Å². The van der Waals surface area contributed by atoms with E-state index in [0.717, 1.165) is 29.4 Å². The lowest BCUT2D eigenvalue weighted by Crippen LogP contribution is -2.20. The van der Waals surface area contributed by atoms with Crippen LogP contribution in [0.15, 0.2) is 30.3 Å². The fourth-order valence-electron chi connectivity index (χ4n) is 2.33. The molecule has 1 unspecified atom stereocenters. The lowest BCUT2D eigenvalue weighted by atomic mass is 10.0. The van der Waals surface area contributed by atoms with Gasteiger partial charge in [0, 0.05) is 19.0 Å². The fourth-order valence-corrected chi connectivity index (χ4v) is 2.54. The minimum Gasteiger partial charge on any atom is -0.313 e. The number of nitrogens with zero attached hydrogens (tertiary/aromatic N) is 2. The average Bonchev–Trinajstić information content (AvgIpc) is 2.72. The molecular weight excluding hydrogens is 258 g/mol. The smallest absolute Gasteiger partial charge is 0.0847 e. The second-order valence-corrected chi connectivity index (χ2v) is 5.00. The van der Waals surface area contributed by atoms with Crippen LogP contribution < -0.4 is 5.32 Å². The van der Waals surface area contributed by atoms with E-state index in [-0.39, 0.29) is 6.04 Å². The van der Waals surface area contributed by atoms with Gasteiger partial charge in [-0.2, -0.15) is 5.10 Å². The Morgan fingerprint density at radius 2 is 2.00 bits per heavy atom. The third-order valence-corrected chi connectivity index (χ3v) is 3.89. The lowest BCUT2D eigenvalue weighted by Gasteiger charge is -2.17. The monoisotopic (exact) mass is 277 g/mol. The van der Waals surface area contributed by atoms with Crippen LogP contribution in [-0.4, -0.2) is 16.8 Å². The van der Waals surface area contributed by atoms with E-state index in [4.69, 9.17) is 11.6 Å². The summed E-state index contributed by atoms with van der Waals surface area (Å²) in [6.45, 7) is 4.88. The van der Waals surface area contributed by atoms with Crippen molar-refractivity contribution in [2.24, 2.45) is 0 Å². The number of aromatic nitrogens is 2. The van der Waals surface area contributed by atoms with E-state index in [1.54, 1.807) is 0 Å². The van der Waals surface area contributed by atoms with Crippen molar-refractivity contribution in [3.63, 3.8) is 0 Å². The first-order chi connectivity index (χ1) is 9.17. The van der Waals surface area contributed by atoms with Crippen molar-refractivity contribution >= 4 is 11.6 Å². The van der Waals surface area contributed by atoms with Gasteiger partial charge in [-0.05, 0) is 26.5 Å². The quantitative estimate of drug-likeness (QED) is 0.908. The largest absolute Gasteiger partial charge is 0.313 e. The number of hydrogen-bond donors (Lipinski definition) is 1. The molecule has 1 aromatic carbocycles. The van der Waals surface area contributed by atoms with E-state index in [9.17, 15) is 0 Å². The molecule has 0 fully saturated rings. The number of aryl methyl sites for hydroxylation is 2. The van der Waals surface area contributed by atoms with E-state index in [0.29, 0.717) is 0 Å². The highest BCUT2D eigenvalue weighted by atomic mass is 35.5. The van der Waals surface area contributed by atoms with Crippen molar-refractivity contribution < 1.29 is 0 Å². The van der Waals surface area contributed by atoms with Gasteiger partial charge < -0.3 is 5.32 Å². The van der Waals surface area contributed by atoms with Crippen LogP contribution in [-0.2, 0) is 13.0 Å². The molecule has 1 atom stereocenters. The third kappa shape index (κ3) is 2.99. The summed E-state index contributed by atoms with van der Waals surface area (Å²) in [7, 11) is 1.98. The van der Waals surface area contributed by atoms with Crippen molar-refractivity contribution in [2.75, 3.05) is 7.05 Å². The molecule has 0 radical (unpaired) electrons. The maximum atomic E-state index is 6.37. The van der Waals surface area contributed by atoms with Crippen LogP contribution in [0.25, 0.3) is 0 Å². The van der Waals surface area contributed by atoms with Gasteiger partial charge >= 0.3 is 0 Å². The number of hydrogen-bond acceptors (Lipinski definition) is 2. The predicted molar refractivity (Wildman–Crippen MR) is 79.6 cm³/mol. The summed E-state index contributed by atoms with van der Waals surface area (Å²) in [6, 6.07) is 10.7. The first-order valence-electron chi connectivity index (χ1n) is 6.61. The second kappa shape index (κ2) is 6.22. The zero-order valence-electron chi connectivity index (χ0n) is 11.7. The zero-order chi connectivity index (χ0) is 13.8. The van der Waals surface area contributed by atoms with Crippen LogP contribution in [0.4, 0.5) is 0 Å². The van der Waals surface area contributed by atoms with Crippen LogP contribution in [0.2, 0.25) is 5.02 Å². The van der Waals surface area contributed by atoms with Crippen LogP contribution in [0.1, 0.15) is 29.9 Å². The standard InChI is InChI=1S/C15H20ClN3/c1-4-19-14(15(16)11(2)18-19)10-13(17-3)12-8-6-5-7-9-12/h5-9,13,17H,4,10H2,1-3H3. The molecule has 19 heavy (non-hydrogen) atoms. The molecule has 1 aromatic heterocycles. The zero-order valence-corrected chi connectivity index (χ0v) is 12.4. The van der Waals surface area contributed by atoms with Gasteiger partial charge in [0.25, 0.3) is 0 Å². The molecule has 0 aliphatic rings. The van der Waals surface area contributed by atoms with Gasteiger partial charge in [-0.3, -0.25) is 4.68 Å². The molecule has 0 bridgehead atoms. The maximum Gasteiger partial charge on any atom is 0.0847 e. The van der Waals surface area contributed by atoms with Crippen molar-refractivity contribution in [1.82, 2.24) is 15.1 Å². The highest BCUT2D eigenvalue weighted by Crippen LogP contribution is 2.26. The highest BCUT2D eigenvalue weighted by Gasteiger charge is 2.17. The topological polar surface area (TPSA) is 29.9 Å². The molecule has 4 heteroatoms. The molecule has 0 aliphatic heterocycles. The van der Waals surface area contributed by atoms with Gasteiger partial charge in [0.15, 0.2) is 0 Å². The minimum absolute atomic E-state index is 0.250. The predicted octanol–water partition coefficient (Wildman–Crippen LogP) is 3.37. The number of likely N-dealkylation sites (N-methyl/N-ethyl adjacent to an activating group) is 1. The summed E-state index contributed by atoms with van der Waals surface area (Å²) in [5, 5.41) is 8.61. The Balaban J connectivity index is 2.29. The van der Waals surface area contributed by atoms with Gasteiger partial charge in [-0.1, -0.05) is 41.9 Å². The Bertz CT molecular complexity index is 534. The molecule has 1 heterocycles. The summed E-state index contributed by atoms with van der Waals surface area (Å²) in [5.41, 5.74) is 3.27. The van der Waals surface area contributed by atoms with Gasteiger partial charge in [-0.15, -0.1) is 0 Å². The normalized spacial score (nSPS) is 12.6. The first-order valence-corrected chi connectivity index (χ1v) is 6.99. The Kier molecular flexibility index (Phi) is 4.61. The van der Waals surface area contributed by atoms with Gasteiger partial charge in [-0.25, -0.2) is 0 Å². The average molecular weight is 278 g/mol. The molecule has 102 valence electrons. The van der Waals surface area contributed by atoms with E-state index < -0.39 is 0 Å². The molecule has 0 saturated carbocycles. The van der Waals surface area contributed by atoms with E-state index in [1.165, 1.54) is 5.56 Å². The summed E-state index contributed by atoms with van der Waals surface area (Å²) >= 11 is 6.37. The number of nitrogens with one attached hydrogen (secondary N) is 1. The van der Waals surface area contributed by atoms with Crippen molar-refractivity contribution in [1.29, 1.82) is 0 Å².